The molecule has 0 aromatic carbocycles. The van der Waals surface area contributed by atoms with Crippen LogP contribution in [0.4, 0.5) is 18.0 Å². The molecule has 0 bridgehead atoms. The molecule has 2 atom stereocenters. The molecule has 0 saturated carbocycles. The summed E-state index contributed by atoms with van der Waals surface area (Å²) in [5.41, 5.74) is 4.07. The highest BCUT2D eigenvalue weighted by Crippen LogP contribution is 2.29. The lowest BCUT2D eigenvalue weighted by atomic mass is 10.2. The summed E-state index contributed by atoms with van der Waals surface area (Å²) in [4.78, 5) is 13.9. The van der Waals surface area contributed by atoms with E-state index in [-0.39, 0.29) is 5.56 Å². The van der Waals surface area contributed by atoms with Crippen LogP contribution in [0.3, 0.4) is 0 Å². The number of primary amides is 1. The van der Waals surface area contributed by atoms with Crippen LogP contribution in [-0.2, 0) is 15.9 Å². The number of halogens is 3. The third-order valence-corrected chi connectivity index (χ3v) is 4.60. The summed E-state index contributed by atoms with van der Waals surface area (Å²) in [5, 5.41) is -0.769. The predicted octanol–water partition coefficient (Wildman–Crippen LogP) is 2.34. The lowest BCUT2D eigenvalue weighted by molar-refractivity contribution is -0.141. The number of carbonyl (C=O) groups excluding carboxylic acids is 1. The molecule has 0 fully saturated rings. The van der Waals surface area contributed by atoms with Crippen molar-refractivity contribution in [3.8, 4) is 0 Å². The Morgan fingerprint density at radius 3 is 2.42 bits per heavy atom. The van der Waals surface area contributed by atoms with Crippen molar-refractivity contribution in [2.45, 2.75) is 18.3 Å². The molecule has 0 spiro atoms. The Morgan fingerprint density at radius 1 is 1.47 bits per heavy atom. The molecule has 2 unspecified atom stereocenters. The Balaban J connectivity index is 3.13. The van der Waals surface area contributed by atoms with Gasteiger partial charge < -0.3 is 5.73 Å². The summed E-state index contributed by atoms with van der Waals surface area (Å²) < 4.78 is 52.3. The van der Waals surface area contributed by atoms with Gasteiger partial charge in [0.2, 0.25) is 0 Å². The van der Waals surface area contributed by atoms with E-state index in [1.807, 2.05) is 0 Å². The van der Waals surface area contributed by atoms with E-state index >= 15 is 0 Å². The van der Waals surface area contributed by atoms with Crippen LogP contribution in [0.1, 0.15) is 23.4 Å². The summed E-state index contributed by atoms with van der Waals surface area (Å²) in [6.07, 6.45) is -2.36. The summed E-state index contributed by atoms with van der Waals surface area (Å²) in [7, 11) is -2.98. The van der Waals surface area contributed by atoms with E-state index in [4.69, 9.17) is 5.73 Å². The van der Waals surface area contributed by atoms with E-state index in [9.17, 15) is 22.2 Å². The number of rotatable bonds is 2. The van der Waals surface area contributed by atoms with Crippen LogP contribution in [0, 0.1) is 0 Å². The van der Waals surface area contributed by atoms with Gasteiger partial charge >= 0.3 is 12.2 Å². The summed E-state index contributed by atoms with van der Waals surface area (Å²) >= 11 is 0. The van der Waals surface area contributed by atoms with E-state index in [0.29, 0.717) is 0 Å². The Bertz CT molecular complexity index is 589. The molecule has 19 heavy (non-hydrogen) atoms. The molecule has 5 nitrogen and oxygen atoms in total. The molecular formula is C10H12F3N3O2S. The molecule has 0 saturated heterocycles. The number of carbonyl (C=O) groups is 1. The molecule has 1 rings (SSSR count). The molecule has 1 aromatic heterocycles. The second-order valence-electron chi connectivity index (χ2n) is 3.91. The first-order valence-corrected chi connectivity index (χ1v) is 7.06. The average Bonchev–Trinajstić information content (AvgIpc) is 2.25. The highest BCUT2D eigenvalue weighted by molar-refractivity contribution is 7.93. The quantitative estimate of drug-likeness (QED) is 0.908. The molecule has 0 radical (unpaired) electrons. The molecule has 2 N–H and O–H groups in total. The second kappa shape index (κ2) is 5.16. The molecule has 106 valence electrons. The van der Waals surface area contributed by atoms with Crippen molar-refractivity contribution in [3.63, 3.8) is 0 Å². The highest BCUT2D eigenvalue weighted by Gasteiger charge is 2.32. The molecule has 2 amide bonds. The third kappa shape index (κ3) is 3.91. The number of amides is 2. The largest absolute Gasteiger partial charge is 0.433 e. The fraction of sp³-hybridized carbons (Fsp3) is 0.400. The molecule has 9 heteroatoms. The van der Waals surface area contributed by atoms with Crippen molar-refractivity contribution < 1.29 is 22.2 Å². The summed E-state index contributed by atoms with van der Waals surface area (Å²) in [6, 6.07) is 0.852. The Morgan fingerprint density at radius 2 is 2.05 bits per heavy atom. The number of alkyl halides is 3. The van der Waals surface area contributed by atoms with Crippen LogP contribution < -0.4 is 5.73 Å². The van der Waals surface area contributed by atoms with Crippen LogP contribution in [0.2, 0.25) is 0 Å². The fourth-order valence-electron chi connectivity index (χ4n) is 1.32. The summed E-state index contributed by atoms with van der Waals surface area (Å²) in [5.74, 6) is 0. The van der Waals surface area contributed by atoms with Crippen LogP contribution in [0.15, 0.2) is 22.7 Å². The van der Waals surface area contributed by atoms with Gasteiger partial charge in [-0.05, 0) is 18.6 Å². The number of hydrogen-bond donors (Lipinski definition) is 1. The van der Waals surface area contributed by atoms with Crippen LogP contribution in [-0.4, -0.2) is 21.5 Å². The first-order valence-electron chi connectivity index (χ1n) is 5.07. The van der Waals surface area contributed by atoms with Gasteiger partial charge in [-0.2, -0.15) is 13.2 Å². The maximum atomic E-state index is 12.3. The number of pyridine rings is 1. The van der Waals surface area contributed by atoms with E-state index < -0.39 is 32.9 Å². The number of nitrogens with two attached hydrogens (primary N) is 1. The van der Waals surface area contributed by atoms with Crippen LogP contribution in [0.5, 0.6) is 0 Å². The minimum Gasteiger partial charge on any atom is -0.349 e. The van der Waals surface area contributed by atoms with Crippen molar-refractivity contribution >= 4 is 15.8 Å². The lowest BCUT2D eigenvalue weighted by Gasteiger charge is -2.14. The molecule has 0 aliphatic heterocycles. The van der Waals surface area contributed by atoms with E-state index in [0.717, 1.165) is 18.3 Å². The standard InChI is InChI=1S/C10H12F3N3O2S/c1-6(19(2,18)16-9(14)17)7-3-4-8(15-5-7)10(11,12)13/h3-6H,1-2H3,(H2,14,17). The Labute approximate surface area is 108 Å². The zero-order valence-electron chi connectivity index (χ0n) is 10.1. The molecule has 1 heterocycles. The SMILES string of the molecule is CC(c1ccc(C(F)(F)F)nc1)S(C)(=O)=NC(N)=O. The van der Waals surface area contributed by atoms with Gasteiger partial charge in [0.25, 0.3) is 0 Å². The maximum Gasteiger partial charge on any atom is 0.433 e. The van der Waals surface area contributed by atoms with Gasteiger partial charge in [0, 0.05) is 12.5 Å². The van der Waals surface area contributed by atoms with Gasteiger partial charge in [0.05, 0.1) is 15.0 Å². The van der Waals surface area contributed by atoms with E-state index in [1.54, 1.807) is 0 Å². The Kier molecular flexibility index (Phi) is 4.18. The highest BCUT2D eigenvalue weighted by atomic mass is 32.2. The number of aromatic nitrogens is 1. The number of hydrogen-bond acceptors (Lipinski definition) is 3. The number of nitrogens with zero attached hydrogens (tertiary/aromatic N) is 2. The smallest absolute Gasteiger partial charge is 0.349 e. The van der Waals surface area contributed by atoms with Crippen molar-refractivity contribution in [1.29, 1.82) is 0 Å². The van der Waals surface area contributed by atoms with E-state index in [2.05, 4.69) is 9.35 Å². The van der Waals surface area contributed by atoms with Gasteiger partial charge in [-0.25, -0.2) is 9.00 Å². The maximum absolute atomic E-state index is 12.3. The molecule has 0 aliphatic carbocycles. The van der Waals surface area contributed by atoms with Crippen molar-refractivity contribution in [2.75, 3.05) is 6.26 Å². The molecule has 1 aromatic rings. The van der Waals surface area contributed by atoms with E-state index in [1.165, 1.54) is 13.2 Å². The van der Waals surface area contributed by atoms with Gasteiger partial charge in [-0.1, -0.05) is 6.07 Å². The van der Waals surface area contributed by atoms with Crippen molar-refractivity contribution in [1.82, 2.24) is 4.98 Å². The van der Waals surface area contributed by atoms with Crippen LogP contribution >= 0.6 is 0 Å². The predicted molar refractivity (Wildman–Crippen MR) is 63.7 cm³/mol. The summed E-state index contributed by atoms with van der Waals surface area (Å²) in [6.45, 7) is 1.47. The zero-order valence-corrected chi connectivity index (χ0v) is 11.0. The van der Waals surface area contributed by atoms with Gasteiger partial charge in [-0.3, -0.25) is 4.98 Å². The van der Waals surface area contributed by atoms with Gasteiger partial charge in [-0.15, -0.1) is 4.36 Å². The van der Waals surface area contributed by atoms with Gasteiger partial charge in [0.1, 0.15) is 5.69 Å². The first-order chi connectivity index (χ1) is 8.54. The monoisotopic (exact) mass is 295 g/mol. The van der Waals surface area contributed by atoms with Crippen molar-refractivity contribution in [2.24, 2.45) is 10.1 Å². The normalized spacial score (nSPS) is 16.5. The number of urea groups is 1. The Hall–Kier alpha value is -1.64. The van der Waals surface area contributed by atoms with Crippen LogP contribution in [0.25, 0.3) is 0 Å². The lowest BCUT2D eigenvalue weighted by Crippen LogP contribution is -2.15. The minimum atomic E-state index is -4.53. The molecular weight excluding hydrogens is 283 g/mol. The van der Waals surface area contributed by atoms with Gasteiger partial charge in [0.15, 0.2) is 0 Å². The molecule has 0 aliphatic rings. The zero-order chi connectivity index (χ0) is 14.8. The third-order valence-electron chi connectivity index (χ3n) is 2.47. The fourth-order valence-corrected chi connectivity index (χ4v) is 2.48. The first kappa shape index (κ1) is 15.4. The minimum absolute atomic E-state index is 0.283. The van der Waals surface area contributed by atoms with Crippen molar-refractivity contribution in [3.05, 3.63) is 29.6 Å². The average molecular weight is 295 g/mol. The second-order valence-corrected chi connectivity index (χ2v) is 6.52. The topological polar surface area (TPSA) is 85.4 Å².